The number of hydrogen-bond acceptors (Lipinski definition) is 2. The van der Waals surface area contributed by atoms with E-state index in [2.05, 4.69) is 37.7 Å². The van der Waals surface area contributed by atoms with Crippen molar-refractivity contribution in [2.45, 2.75) is 66.2 Å². The Balaban J connectivity index is 2.61. The topological polar surface area (TPSA) is 25.8 Å². The summed E-state index contributed by atoms with van der Waals surface area (Å²) in [6, 6.07) is 0. The van der Waals surface area contributed by atoms with Gasteiger partial charge in [-0.15, -0.1) is 0 Å². The largest absolute Gasteiger partial charge is 0.253 e. The van der Waals surface area contributed by atoms with Gasteiger partial charge >= 0.3 is 0 Å². The Hall–Kier alpha value is -1.44. The van der Waals surface area contributed by atoms with Crippen molar-refractivity contribution in [3.05, 3.63) is 34.6 Å². The molecule has 1 aromatic heterocycles. The molecule has 20 heavy (non-hydrogen) atoms. The first-order chi connectivity index (χ1) is 9.70. The van der Waals surface area contributed by atoms with Crippen LogP contribution in [0.1, 0.15) is 61.8 Å². The Labute approximate surface area is 122 Å². The van der Waals surface area contributed by atoms with Crippen molar-refractivity contribution in [2.24, 2.45) is 0 Å². The third kappa shape index (κ3) is 2.84. The van der Waals surface area contributed by atoms with Gasteiger partial charge in [-0.1, -0.05) is 26.7 Å². The normalized spacial score (nSPS) is 11.2. The molecule has 0 bridgehead atoms. The van der Waals surface area contributed by atoms with Gasteiger partial charge in [-0.3, -0.25) is 9.97 Å². The standard InChI is InChI=1S/C18H26N2/c1-5-7-9-15-13(3)17-18(20-12-11-19-17)14(4)16(15)10-8-6-2/h11-12H,5-10H2,1-4H3. The van der Waals surface area contributed by atoms with Crippen molar-refractivity contribution in [3.63, 3.8) is 0 Å². The number of fused-ring (bicyclic) bond motifs is 1. The number of nitrogens with zero attached hydrogens (tertiary/aromatic N) is 2. The van der Waals surface area contributed by atoms with Gasteiger partial charge in [-0.25, -0.2) is 0 Å². The molecule has 0 saturated heterocycles. The minimum atomic E-state index is 1.09. The quantitative estimate of drug-likeness (QED) is 0.743. The SMILES string of the molecule is CCCCc1c(CCCC)c(C)c2nccnc2c1C. The average Bonchev–Trinajstić information content (AvgIpc) is 2.48. The first kappa shape index (κ1) is 15.0. The Bertz CT molecular complexity index is 535. The maximum absolute atomic E-state index is 4.57. The number of unbranched alkanes of at least 4 members (excludes halogenated alkanes) is 2. The van der Waals surface area contributed by atoms with Gasteiger partial charge in [-0.05, 0) is 61.8 Å². The number of rotatable bonds is 6. The molecular formula is C18H26N2. The second kappa shape index (κ2) is 6.83. The first-order valence-corrected chi connectivity index (χ1v) is 7.92. The summed E-state index contributed by atoms with van der Waals surface area (Å²) in [6.45, 7) is 8.96. The smallest absolute Gasteiger partial charge is 0.0921 e. The maximum atomic E-state index is 4.57. The van der Waals surface area contributed by atoms with E-state index < -0.39 is 0 Å². The van der Waals surface area contributed by atoms with E-state index in [0.29, 0.717) is 0 Å². The Morgan fingerprint density at radius 1 is 0.750 bits per heavy atom. The van der Waals surface area contributed by atoms with E-state index in [1.165, 1.54) is 60.8 Å². The summed E-state index contributed by atoms with van der Waals surface area (Å²) in [4.78, 5) is 9.14. The fourth-order valence-corrected chi connectivity index (χ4v) is 3.01. The van der Waals surface area contributed by atoms with Crippen LogP contribution in [0.5, 0.6) is 0 Å². The zero-order valence-corrected chi connectivity index (χ0v) is 13.3. The molecule has 0 unspecified atom stereocenters. The molecule has 0 amide bonds. The third-order valence-corrected chi connectivity index (χ3v) is 4.24. The number of benzene rings is 1. The van der Waals surface area contributed by atoms with Crippen LogP contribution in [0.2, 0.25) is 0 Å². The van der Waals surface area contributed by atoms with Crippen LogP contribution in [0, 0.1) is 13.8 Å². The van der Waals surface area contributed by atoms with E-state index in [1.807, 2.05) is 12.4 Å². The molecule has 1 aromatic carbocycles. The molecular weight excluding hydrogens is 244 g/mol. The van der Waals surface area contributed by atoms with Gasteiger partial charge in [0.05, 0.1) is 11.0 Å². The Morgan fingerprint density at radius 2 is 1.15 bits per heavy atom. The summed E-state index contributed by atoms with van der Waals surface area (Å²) in [7, 11) is 0. The summed E-state index contributed by atoms with van der Waals surface area (Å²) in [5, 5.41) is 0. The van der Waals surface area contributed by atoms with E-state index in [9.17, 15) is 0 Å². The highest BCUT2D eigenvalue weighted by molar-refractivity contribution is 5.83. The van der Waals surface area contributed by atoms with Crippen LogP contribution in [-0.4, -0.2) is 9.97 Å². The molecule has 0 aliphatic heterocycles. The molecule has 2 rings (SSSR count). The zero-order valence-electron chi connectivity index (χ0n) is 13.3. The van der Waals surface area contributed by atoms with Gasteiger partial charge in [0.25, 0.3) is 0 Å². The molecule has 2 heteroatoms. The predicted octanol–water partition coefficient (Wildman–Crippen LogP) is 4.93. The highest BCUT2D eigenvalue weighted by Gasteiger charge is 2.15. The second-order valence-corrected chi connectivity index (χ2v) is 5.67. The summed E-state index contributed by atoms with van der Waals surface area (Å²) >= 11 is 0. The van der Waals surface area contributed by atoms with Gasteiger partial charge in [0.2, 0.25) is 0 Å². The summed E-state index contributed by atoms with van der Waals surface area (Å²) in [5.74, 6) is 0. The summed E-state index contributed by atoms with van der Waals surface area (Å²) in [5.41, 5.74) is 7.95. The molecule has 0 spiro atoms. The van der Waals surface area contributed by atoms with Crippen LogP contribution in [0.4, 0.5) is 0 Å². The van der Waals surface area contributed by atoms with Crippen LogP contribution in [-0.2, 0) is 12.8 Å². The van der Waals surface area contributed by atoms with E-state index >= 15 is 0 Å². The molecule has 108 valence electrons. The molecule has 0 fully saturated rings. The van der Waals surface area contributed by atoms with Gasteiger partial charge in [0.1, 0.15) is 0 Å². The summed E-state index contributed by atoms with van der Waals surface area (Å²) < 4.78 is 0. The lowest BCUT2D eigenvalue weighted by Crippen LogP contribution is -2.05. The van der Waals surface area contributed by atoms with Crippen molar-refractivity contribution in [1.82, 2.24) is 9.97 Å². The summed E-state index contributed by atoms with van der Waals surface area (Å²) in [6.07, 6.45) is 11.0. The molecule has 0 N–H and O–H groups in total. The first-order valence-electron chi connectivity index (χ1n) is 7.92. The number of hydrogen-bond donors (Lipinski definition) is 0. The van der Waals surface area contributed by atoms with E-state index in [0.717, 1.165) is 11.0 Å². The molecule has 2 aromatic rings. The zero-order chi connectivity index (χ0) is 14.5. The third-order valence-electron chi connectivity index (χ3n) is 4.24. The lowest BCUT2D eigenvalue weighted by molar-refractivity contribution is 0.752. The van der Waals surface area contributed by atoms with Crippen LogP contribution < -0.4 is 0 Å². The predicted molar refractivity (Wildman–Crippen MR) is 86.2 cm³/mol. The van der Waals surface area contributed by atoms with Gasteiger partial charge in [0.15, 0.2) is 0 Å². The Kier molecular flexibility index (Phi) is 5.11. The van der Waals surface area contributed by atoms with Crippen LogP contribution in [0.3, 0.4) is 0 Å². The van der Waals surface area contributed by atoms with Crippen LogP contribution >= 0.6 is 0 Å². The average molecular weight is 270 g/mol. The van der Waals surface area contributed by atoms with Crippen LogP contribution in [0.15, 0.2) is 12.4 Å². The molecule has 1 heterocycles. The molecule has 2 nitrogen and oxygen atoms in total. The number of aryl methyl sites for hydroxylation is 2. The van der Waals surface area contributed by atoms with Crippen molar-refractivity contribution in [2.75, 3.05) is 0 Å². The van der Waals surface area contributed by atoms with Crippen molar-refractivity contribution in [1.29, 1.82) is 0 Å². The molecule has 0 radical (unpaired) electrons. The lowest BCUT2D eigenvalue weighted by Gasteiger charge is -2.18. The van der Waals surface area contributed by atoms with Crippen molar-refractivity contribution in [3.8, 4) is 0 Å². The van der Waals surface area contributed by atoms with Gasteiger partial charge < -0.3 is 0 Å². The van der Waals surface area contributed by atoms with E-state index in [1.54, 1.807) is 0 Å². The minimum Gasteiger partial charge on any atom is -0.253 e. The van der Waals surface area contributed by atoms with Crippen LogP contribution in [0.25, 0.3) is 11.0 Å². The Morgan fingerprint density at radius 3 is 1.50 bits per heavy atom. The molecule has 0 saturated carbocycles. The molecule has 0 aliphatic rings. The van der Waals surface area contributed by atoms with Gasteiger partial charge in [-0.2, -0.15) is 0 Å². The van der Waals surface area contributed by atoms with E-state index in [-0.39, 0.29) is 0 Å². The monoisotopic (exact) mass is 270 g/mol. The second-order valence-electron chi connectivity index (χ2n) is 5.67. The van der Waals surface area contributed by atoms with Crippen molar-refractivity contribution < 1.29 is 0 Å². The van der Waals surface area contributed by atoms with Crippen molar-refractivity contribution >= 4 is 11.0 Å². The highest BCUT2D eigenvalue weighted by atomic mass is 14.8. The maximum Gasteiger partial charge on any atom is 0.0921 e. The fourth-order valence-electron chi connectivity index (χ4n) is 3.01. The van der Waals surface area contributed by atoms with E-state index in [4.69, 9.17) is 0 Å². The minimum absolute atomic E-state index is 1.09. The number of aromatic nitrogens is 2. The molecule has 0 aliphatic carbocycles. The fraction of sp³-hybridized carbons (Fsp3) is 0.556. The lowest BCUT2D eigenvalue weighted by atomic mass is 9.89. The molecule has 0 atom stereocenters. The van der Waals surface area contributed by atoms with Gasteiger partial charge in [0, 0.05) is 12.4 Å². The highest BCUT2D eigenvalue weighted by Crippen LogP contribution is 2.29.